The highest BCUT2D eigenvalue weighted by atomic mass is 32.2. The van der Waals surface area contributed by atoms with Crippen LogP contribution in [0.1, 0.15) is 27.0 Å². The zero-order valence-corrected chi connectivity index (χ0v) is 12.5. The van der Waals surface area contributed by atoms with Crippen molar-refractivity contribution >= 4 is 16.8 Å². The maximum absolute atomic E-state index is 13.6. The highest BCUT2D eigenvalue weighted by Gasteiger charge is 2.13. The zero-order chi connectivity index (χ0) is 15.6. The topological polar surface area (TPSA) is 54.4 Å². The molecule has 0 radical (unpaired) electrons. The molecule has 0 aromatic heterocycles. The summed E-state index contributed by atoms with van der Waals surface area (Å²) in [5.41, 5.74) is 2.15. The third-order valence-corrected chi connectivity index (χ3v) is 4.68. The second kappa shape index (κ2) is 6.18. The molecule has 0 heterocycles. The molecule has 1 atom stereocenters. The Morgan fingerprint density at radius 1 is 1.19 bits per heavy atom. The minimum absolute atomic E-state index is 0.153. The van der Waals surface area contributed by atoms with Crippen LogP contribution in [0.2, 0.25) is 0 Å². The van der Waals surface area contributed by atoms with Gasteiger partial charge in [0.2, 0.25) is 0 Å². The van der Waals surface area contributed by atoms with Gasteiger partial charge in [0.15, 0.2) is 0 Å². The van der Waals surface area contributed by atoms with Crippen LogP contribution < -0.4 is 0 Å². The van der Waals surface area contributed by atoms with Crippen molar-refractivity contribution in [1.82, 2.24) is 0 Å². The van der Waals surface area contributed by atoms with Crippen molar-refractivity contribution in [3.05, 3.63) is 64.5 Å². The smallest absolute Gasteiger partial charge is 0.338 e. The molecule has 1 N–H and O–H groups in total. The molecule has 3 nitrogen and oxygen atoms in total. The van der Waals surface area contributed by atoms with E-state index < -0.39 is 22.6 Å². The van der Waals surface area contributed by atoms with Gasteiger partial charge in [-0.25, -0.2) is 9.18 Å². The molecular weight excluding hydrogens is 291 g/mol. The summed E-state index contributed by atoms with van der Waals surface area (Å²) in [4.78, 5) is 11.5. The molecule has 1 unspecified atom stereocenters. The number of aryl methyl sites for hydroxylation is 2. The van der Waals surface area contributed by atoms with Crippen LogP contribution in [-0.2, 0) is 16.6 Å². The first-order valence-electron chi connectivity index (χ1n) is 6.36. The van der Waals surface area contributed by atoms with Gasteiger partial charge in [0.25, 0.3) is 0 Å². The average Bonchev–Trinajstić information content (AvgIpc) is 2.37. The third kappa shape index (κ3) is 3.55. The highest BCUT2D eigenvalue weighted by Crippen LogP contribution is 2.19. The molecule has 110 valence electrons. The summed E-state index contributed by atoms with van der Waals surface area (Å²) in [7, 11) is -1.29. The van der Waals surface area contributed by atoms with Gasteiger partial charge in [-0.1, -0.05) is 23.8 Å². The minimum atomic E-state index is -1.31. The predicted molar refractivity (Wildman–Crippen MR) is 79.4 cm³/mol. The van der Waals surface area contributed by atoms with Crippen LogP contribution in [0.3, 0.4) is 0 Å². The largest absolute Gasteiger partial charge is 0.478 e. The lowest BCUT2D eigenvalue weighted by Gasteiger charge is -2.08. The van der Waals surface area contributed by atoms with Gasteiger partial charge in [-0.05, 0) is 43.2 Å². The molecule has 2 aromatic rings. The normalized spacial score (nSPS) is 12.1. The van der Waals surface area contributed by atoms with Crippen LogP contribution in [0.4, 0.5) is 4.39 Å². The zero-order valence-electron chi connectivity index (χ0n) is 11.7. The van der Waals surface area contributed by atoms with Crippen LogP contribution in [0.15, 0.2) is 41.3 Å². The van der Waals surface area contributed by atoms with E-state index in [-0.39, 0.29) is 11.3 Å². The summed E-state index contributed by atoms with van der Waals surface area (Å²) in [5, 5.41) is 8.78. The SMILES string of the molecule is Cc1ccc(S(=O)Cc2ccc(C(=O)O)c(F)c2)c(C)c1. The quantitative estimate of drug-likeness (QED) is 0.941. The summed E-state index contributed by atoms with van der Waals surface area (Å²) >= 11 is 0. The number of hydrogen-bond acceptors (Lipinski definition) is 2. The Hall–Kier alpha value is -2.01. The Bertz CT molecular complexity index is 725. The monoisotopic (exact) mass is 306 g/mol. The van der Waals surface area contributed by atoms with Crippen molar-refractivity contribution in [3.63, 3.8) is 0 Å². The fourth-order valence-corrected chi connectivity index (χ4v) is 3.38. The lowest BCUT2D eigenvalue weighted by atomic mass is 10.1. The van der Waals surface area contributed by atoms with Gasteiger partial charge in [-0.15, -0.1) is 0 Å². The minimum Gasteiger partial charge on any atom is -0.478 e. The van der Waals surface area contributed by atoms with E-state index in [1.165, 1.54) is 12.1 Å². The van der Waals surface area contributed by atoms with Crippen molar-refractivity contribution < 1.29 is 18.5 Å². The van der Waals surface area contributed by atoms with Gasteiger partial charge in [0.05, 0.1) is 22.1 Å². The maximum atomic E-state index is 13.6. The number of carboxylic acid groups (broad SMARTS) is 1. The van der Waals surface area contributed by atoms with E-state index in [0.717, 1.165) is 17.2 Å². The standard InChI is InChI=1S/C16H15FO3S/c1-10-3-6-15(11(2)7-10)21(20)9-12-4-5-13(16(18)19)14(17)8-12/h3-8H,9H2,1-2H3,(H,18,19). The number of rotatable bonds is 4. The van der Waals surface area contributed by atoms with Gasteiger partial charge in [-0.2, -0.15) is 0 Å². The second-order valence-electron chi connectivity index (χ2n) is 4.88. The third-order valence-electron chi connectivity index (χ3n) is 3.14. The number of carboxylic acids is 1. The van der Waals surface area contributed by atoms with Gasteiger partial charge in [0.1, 0.15) is 5.82 Å². The number of hydrogen-bond donors (Lipinski definition) is 1. The molecule has 0 aliphatic carbocycles. The summed E-state index contributed by atoms with van der Waals surface area (Å²) in [6.07, 6.45) is 0. The van der Waals surface area contributed by atoms with E-state index in [0.29, 0.717) is 10.5 Å². The fourth-order valence-electron chi connectivity index (χ4n) is 2.11. The molecule has 5 heteroatoms. The molecule has 2 rings (SSSR count). The van der Waals surface area contributed by atoms with E-state index in [2.05, 4.69) is 0 Å². The van der Waals surface area contributed by atoms with Crippen molar-refractivity contribution in [2.24, 2.45) is 0 Å². The first kappa shape index (κ1) is 15.4. The molecule has 0 fully saturated rings. The van der Waals surface area contributed by atoms with Crippen molar-refractivity contribution in [3.8, 4) is 0 Å². The molecule has 0 amide bonds. The summed E-state index contributed by atoms with van der Waals surface area (Å²) in [6, 6.07) is 9.46. The summed E-state index contributed by atoms with van der Waals surface area (Å²) in [5.74, 6) is -1.96. The van der Waals surface area contributed by atoms with E-state index >= 15 is 0 Å². The van der Waals surface area contributed by atoms with Crippen LogP contribution in [0.25, 0.3) is 0 Å². The first-order valence-corrected chi connectivity index (χ1v) is 7.67. The van der Waals surface area contributed by atoms with Crippen molar-refractivity contribution in [1.29, 1.82) is 0 Å². The molecule has 0 saturated carbocycles. The summed E-state index contributed by atoms with van der Waals surface area (Å²) < 4.78 is 26.0. The Labute approximate surface area is 124 Å². The Morgan fingerprint density at radius 2 is 1.90 bits per heavy atom. The van der Waals surface area contributed by atoms with Crippen LogP contribution in [0, 0.1) is 19.7 Å². The Balaban J connectivity index is 2.23. The second-order valence-corrected chi connectivity index (χ2v) is 6.30. The first-order chi connectivity index (χ1) is 9.88. The molecule has 0 aliphatic rings. The lowest BCUT2D eigenvalue weighted by Crippen LogP contribution is -2.03. The molecule has 0 aliphatic heterocycles. The summed E-state index contributed by atoms with van der Waals surface area (Å²) in [6.45, 7) is 3.84. The molecule has 0 saturated heterocycles. The molecule has 2 aromatic carbocycles. The maximum Gasteiger partial charge on any atom is 0.338 e. The predicted octanol–water partition coefficient (Wildman–Crippen LogP) is 3.45. The number of carbonyl (C=O) groups is 1. The van der Waals surface area contributed by atoms with Crippen molar-refractivity contribution in [2.75, 3.05) is 0 Å². The van der Waals surface area contributed by atoms with Crippen LogP contribution in [0.5, 0.6) is 0 Å². The molecule has 21 heavy (non-hydrogen) atoms. The van der Waals surface area contributed by atoms with Gasteiger partial charge >= 0.3 is 5.97 Å². The van der Waals surface area contributed by atoms with E-state index in [1.54, 1.807) is 0 Å². The van der Waals surface area contributed by atoms with Crippen LogP contribution in [-0.4, -0.2) is 15.3 Å². The van der Waals surface area contributed by atoms with E-state index in [9.17, 15) is 13.4 Å². The van der Waals surface area contributed by atoms with Gasteiger partial charge in [-0.3, -0.25) is 4.21 Å². The average molecular weight is 306 g/mol. The van der Waals surface area contributed by atoms with Crippen LogP contribution >= 0.6 is 0 Å². The van der Waals surface area contributed by atoms with Gasteiger partial charge < -0.3 is 5.11 Å². The Morgan fingerprint density at radius 3 is 2.48 bits per heavy atom. The number of halogens is 1. The lowest BCUT2D eigenvalue weighted by molar-refractivity contribution is 0.0692. The van der Waals surface area contributed by atoms with E-state index in [4.69, 9.17) is 5.11 Å². The molecular formula is C16H15FO3S. The highest BCUT2D eigenvalue weighted by molar-refractivity contribution is 7.84. The molecule has 0 spiro atoms. The molecule has 0 bridgehead atoms. The number of benzene rings is 2. The number of aromatic carboxylic acids is 1. The van der Waals surface area contributed by atoms with Gasteiger partial charge in [0, 0.05) is 4.90 Å². The Kier molecular flexibility index (Phi) is 4.53. The van der Waals surface area contributed by atoms with E-state index in [1.807, 2.05) is 32.0 Å². The fraction of sp³-hybridized carbons (Fsp3) is 0.188. The van der Waals surface area contributed by atoms with Crippen molar-refractivity contribution in [2.45, 2.75) is 24.5 Å².